The number of hydrogen-bond donors (Lipinski definition) is 0. The van der Waals surface area contributed by atoms with Gasteiger partial charge in [0.25, 0.3) is 0 Å². The average molecular weight is 283 g/mol. The molecule has 5 atom stereocenters. The third kappa shape index (κ3) is 1.84. The van der Waals surface area contributed by atoms with E-state index in [2.05, 4.69) is 25.1 Å². The summed E-state index contributed by atoms with van der Waals surface area (Å²) < 4.78 is 0. The zero-order valence-corrected chi connectivity index (χ0v) is 13.1. The summed E-state index contributed by atoms with van der Waals surface area (Å²) >= 11 is 0. The van der Waals surface area contributed by atoms with E-state index in [-0.39, 0.29) is 0 Å². The third-order valence-corrected chi connectivity index (χ3v) is 7.29. The summed E-state index contributed by atoms with van der Waals surface area (Å²) in [5, 5.41) is 3.11. The lowest BCUT2D eigenvalue weighted by molar-refractivity contribution is 0.0337. The van der Waals surface area contributed by atoms with E-state index in [0.29, 0.717) is 11.1 Å². The number of nitroso groups, excluding NO2 is 1. The van der Waals surface area contributed by atoms with E-state index in [1.54, 1.807) is 0 Å². The number of hydrogen-bond acceptors (Lipinski definition) is 2. The predicted octanol–water partition coefficient (Wildman–Crippen LogP) is 5.58. The van der Waals surface area contributed by atoms with Crippen molar-refractivity contribution in [2.24, 2.45) is 28.3 Å². The van der Waals surface area contributed by atoms with E-state index in [1.807, 2.05) is 12.1 Å². The van der Waals surface area contributed by atoms with Crippen LogP contribution < -0.4 is 0 Å². The van der Waals surface area contributed by atoms with Gasteiger partial charge in [0.15, 0.2) is 0 Å². The normalized spacial score (nSPS) is 41.0. The summed E-state index contributed by atoms with van der Waals surface area (Å²) in [6, 6.07) is 6.15. The van der Waals surface area contributed by atoms with Gasteiger partial charge in [-0.3, -0.25) is 0 Å². The van der Waals surface area contributed by atoms with Crippen molar-refractivity contribution in [3.63, 3.8) is 0 Å². The van der Waals surface area contributed by atoms with E-state index in [1.165, 1.54) is 43.2 Å². The van der Waals surface area contributed by atoms with Crippen molar-refractivity contribution in [2.75, 3.05) is 0 Å². The molecular weight excluding hydrogens is 258 g/mol. The molecule has 0 bridgehead atoms. The SMILES string of the molecule is CC1CCC2C3CCc4cc(N=O)ccc4C3CCC12C. The number of benzene rings is 1. The monoisotopic (exact) mass is 283 g/mol. The van der Waals surface area contributed by atoms with Crippen LogP contribution in [0, 0.1) is 28.1 Å². The van der Waals surface area contributed by atoms with Gasteiger partial charge in [-0.05, 0) is 96.0 Å². The number of nitrogens with zero attached hydrogens (tertiary/aromatic N) is 1. The molecule has 2 nitrogen and oxygen atoms in total. The first-order chi connectivity index (χ1) is 10.1. The first kappa shape index (κ1) is 13.5. The molecule has 0 aromatic heterocycles. The first-order valence-electron chi connectivity index (χ1n) is 8.59. The fourth-order valence-corrected chi connectivity index (χ4v) is 5.89. The van der Waals surface area contributed by atoms with E-state index in [4.69, 9.17) is 0 Å². The summed E-state index contributed by atoms with van der Waals surface area (Å²) in [5.41, 5.74) is 4.11. The van der Waals surface area contributed by atoms with Crippen molar-refractivity contribution in [2.45, 2.75) is 58.3 Å². The molecule has 112 valence electrons. The Bertz CT molecular complexity index is 581. The van der Waals surface area contributed by atoms with Crippen molar-refractivity contribution in [1.82, 2.24) is 0 Å². The maximum atomic E-state index is 10.8. The molecule has 2 heteroatoms. The molecule has 0 aliphatic heterocycles. The summed E-state index contributed by atoms with van der Waals surface area (Å²) in [6.45, 7) is 5.03. The second kappa shape index (κ2) is 4.66. The van der Waals surface area contributed by atoms with E-state index in [0.717, 1.165) is 30.1 Å². The first-order valence-corrected chi connectivity index (χ1v) is 8.59. The van der Waals surface area contributed by atoms with Gasteiger partial charge in [-0.25, -0.2) is 0 Å². The Balaban J connectivity index is 1.70. The highest BCUT2D eigenvalue weighted by atomic mass is 16.3. The molecule has 21 heavy (non-hydrogen) atoms. The minimum Gasteiger partial charge on any atom is -0.145 e. The van der Waals surface area contributed by atoms with Crippen molar-refractivity contribution < 1.29 is 0 Å². The Labute approximate surface area is 127 Å². The molecule has 0 heterocycles. The lowest BCUT2D eigenvalue weighted by Crippen LogP contribution is -2.41. The van der Waals surface area contributed by atoms with Crippen molar-refractivity contribution in [3.8, 4) is 0 Å². The number of fused-ring (bicyclic) bond motifs is 5. The van der Waals surface area contributed by atoms with Crippen LogP contribution >= 0.6 is 0 Å². The molecule has 0 saturated heterocycles. The van der Waals surface area contributed by atoms with Gasteiger partial charge < -0.3 is 0 Å². The van der Waals surface area contributed by atoms with Crippen LogP contribution in [0.4, 0.5) is 5.69 Å². The van der Waals surface area contributed by atoms with Crippen LogP contribution in [-0.4, -0.2) is 0 Å². The van der Waals surface area contributed by atoms with Crippen LogP contribution in [0.5, 0.6) is 0 Å². The van der Waals surface area contributed by atoms with Gasteiger partial charge in [-0.2, -0.15) is 0 Å². The number of rotatable bonds is 1. The Morgan fingerprint density at radius 2 is 2.05 bits per heavy atom. The van der Waals surface area contributed by atoms with Gasteiger partial charge in [-0.1, -0.05) is 19.9 Å². The molecule has 1 aromatic rings. The third-order valence-electron chi connectivity index (χ3n) is 7.29. The van der Waals surface area contributed by atoms with Crippen LogP contribution in [-0.2, 0) is 6.42 Å². The molecule has 2 saturated carbocycles. The lowest BCUT2D eigenvalue weighted by Gasteiger charge is -2.50. The number of aryl methyl sites for hydroxylation is 1. The lowest BCUT2D eigenvalue weighted by atomic mass is 9.54. The summed E-state index contributed by atoms with van der Waals surface area (Å²) in [6.07, 6.45) is 8.02. The fourth-order valence-electron chi connectivity index (χ4n) is 5.89. The highest BCUT2D eigenvalue weighted by Crippen LogP contribution is 2.62. The molecule has 3 aliphatic carbocycles. The fraction of sp³-hybridized carbons (Fsp3) is 0.684. The van der Waals surface area contributed by atoms with Crippen LogP contribution in [0.3, 0.4) is 0 Å². The molecule has 0 amide bonds. The topological polar surface area (TPSA) is 29.4 Å². The highest BCUT2D eigenvalue weighted by Gasteiger charge is 2.53. The zero-order valence-electron chi connectivity index (χ0n) is 13.1. The molecule has 3 aliphatic rings. The molecule has 4 rings (SSSR count). The molecule has 0 N–H and O–H groups in total. The Morgan fingerprint density at radius 1 is 1.19 bits per heavy atom. The minimum atomic E-state index is 0.586. The Kier molecular flexibility index (Phi) is 2.99. The highest BCUT2D eigenvalue weighted by molar-refractivity contribution is 5.47. The molecular formula is C19H25NO. The zero-order chi connectivity index (χ0) is 14.6. The average Bonchev–Trinajstić information content (AvgIpc) is 2.82. The van der Waals surface area contributed by atoms with Crippen LogP contribution in [0.1, 0.15) is 63.0 Å². The molecule has 2 fully saturated rings. The van der Waals surface area contributed by atoms with Gasteiger partial charge in [0.05, 0.1) is 0 Å². The van der Waals surface area contributed by atoms with E-state index in [9.17, 15) is 4.91 Å². The maximum Gasteiger partial charge on any atom is 0.108 e. The van der Waals surface area contributed by atoms with Crippen molar-refractivity contribution in [3.05, 3.63) is 34.2 Å². The van der Waals surface area contributed by atoms with Crippen LogP contribution in [0.2, 0.25) is 0 Å². The maximum absolute atomic E-state index is 10.8. The van der Waals surface area contributed by atoms with Gasteiger partial charge >= 0.3 is 0 Å². The molecule has 0 radical (unpaired) electrons. The minimum absolute atomic E-state index is 0.586. The Morgan fingerprint density at radius 3 is 2.86 bits per heavy atom. The molecule has 0 spiro atoms. The van der Waals surface area contributed by atoms with Crippen molar-refractivity contribution >= 4 is 5.69 Å². The van der Waals surface area contributed by atoms with Crippen molar-refractivity contribution in [1.29, 1.82) is 0 Å². The van der Waals surface area contributed by atoms with Gasteiger partial charge in [0.2, 0.25) is 0 Å². The second-order valence-corrected chi connectivity index (χ2v) is 7.91. The van der Waals surface area contributed by atoms with Gasteiger partial charge in [0, 0.05) is 0 Å². The van der Waals surface area contributed by atoms with Gasteiger partial charge in [0.1, 0.15) is 5.69 Å². The standard InChI is InChI=1S/C19H25NO/c1-12-3-8-18-17-6-4-13-11-14(20-21)5-7-15(13)16(17)9-10-19(12,18)2/h5,7,11-12,16-18H,3-4,6,8-10H2,1-2H3. The summed E-state index contributed by atoms with van der Waals surface area (Å²) in [7, 11) is 0. The Hall–Kier alpha value is -1.18. The smallest absolute Gasteiger partial charge is 0.108 e. The second-order valence-electron chi connectivity index (χ2n) is 7.91. The van der Waals surface area contributed by atoms with E-state index < -0.39 is 0 Å². The largest absolute Gasteiger partial charge is 0.145 e. The van der Waals surface area contributed by atoms with Crippen LogP contribution in [0.15, 0.2) is 23.4 Å². The quantitative estimate of drug-likeness (QED) is 0.619. The molecule has 5 unspecified atom stereocenters. The summed E-state index contributed by atoms with van der Waals surface area (Å²) in [4.78, 5) is 10.8. The predicted molar refractivity (Wildman–Crippen MR) is 85.7 cm³/mol. The van der Waals surface area contributed by atoms with Crippen LogP contribution in [0.25, 0.3) is 0 Å². The van der Waals surface area contributed by atoms with E-state index >= 15 is 0 Å². The summed E-state index contributed by atoms with van der Waals surface area (Å²) in [5.74, 6) is 3.42. The van der Waals surface area contributed by atoms with Gasteiger partial charge in [-0.15, -0.1) is 4.91 Å². The molecule has 1 aromatic carbocycles.